The molecule has 1 fully saturated rings. The minimum absolute atomic E-state index is 0.0844. The van der Waals surface area contributed by atoms with Gasteiger partial charge in [-0.2, -0.15) is 8.78 Å². The summed E-state index contributed by atoms with van der Waals surface area (Å²) >= 11 is 0. The maximum atomic E-state index is 14.3. The van der Waals surface area contributed by atoms with Gasteiger partial charge in [0.25, 0.3) is 5.91 Å². The monoisotopic (exact) mass is 699 g/mol. The molecule has 3 aliphatic rings. The Morgan fingerprint density at radius 2 is 1.69 bits per heavy atom. The van der Waals surface area contributed by atoms with Crippen molar-refractivity contribution in [3.8, 4) is 16.9 Å². The minimum atomic E-state index is -3.02. The Morgan fingerprint density at radius 3 is 2.35 bits per heavy atom. The van der Waals surface area contributed by atoms with Crippen LogP contribution in [-0.2, 0) is 5.60 Å². The second-order valence-electron chi connectivity index (χ2n) is 14.8. The minimum Gasteiger partial charge on any atom is -0.434 e. The molecule has 1 amide bonds. The van der Waals surface area contributed by atoms with Crippen LogP contribution in [0.3, 0.4) is 0 Å². The molecule has 51 heavy (non-hydrogen) atoms. The lowest BCUT2D eigenvalue weighted by Crippen LogP contribution is -2.35. The van der Waals surface area contributed by atoms with E-state index in [1.165, 1.54) is 51.4 Å². The first kappa shape index (κ1) is 35.5. The lowest BCUT2D eigenvalue weighted by Gasteiger charge is -2.29. The number of benzene rings is 2. The summed E-state index contributed by atoms with van der Waals surface area (Å²) in [5, 5.41) is 14.2. The maximum Gasteiger partial charge on any atom is 0.387 e. The van der Waals surface area contributed by atoms with E-state index in [4.69, 9.17) is 9.72 Å². The maximum absolute atomic E-state index is 14.3. The van der Waals surface area contributed by atoms with E-state index < -0.39 is 18.3 Å². The van der Waals surface area contributed by atoms with Crippen LogP contribution >= 0.6 is 0 Å². The number of aromatic nitrogens is 3. The zero-order valence-corrected chi connectivity index (χ0v) is 30.0. The summed E-state index contributed by atoms with van der Waals surface area (Å²) in [6, 6.07) is 12.7. The SMILES string of the molecule is CCCCCCCCCCCCCN1C(=O)c2ccc(C)c(OC(F)F)c2[C@H]2C[C@@H]1c1nc3ccc(-c4ccc(C5(O)CCNC5)nc4)cc3n12. The number of alkyl halides is 2. The molecule has 2 bridgehead atoms. The number of aliphatic hydroxyl groups is 1. The topological polar surface area (TPSA) is 92.5 Å². The molecule has 7 rings (SSSR count). The molecule has 2 N–H and O–H groups in total. The van der Waals surface area contributed by atoms with Gasteiger partial charge in [-0.15, -0.1) is 0 Å². The smallest absolute Gasteiger partial charge is 0.387 e. The molecule has 3 aliphatic heterocycles. The first-order chi connectivity index (χ1) is 24.8. The van der Waals surface area contributed by atoms with E-state index in [1.807, 2.05) is 29.2 Å². The number of pyridine rings is 1. The van der Waals surface area contributed by atoms with Gasteiger partial charge >= 0.3 is 6.61 Å². The summed E-state index contributed by atoms with van der Waals surface area (Å²) in [6.45, 7) is 2.79. The number of β-amino-alcohol motifs (C(OH)–C–C–N with tert-alkyl or cyclic N) is 1. The van der Waals surface area contributed by atoms with Gasteiger partial charge in [-0.05, 0) is 61.7 Å². The molecule has 0 saturated carbocycles. The Kier molecular flexibility index (Phi) is 10.7. The molecule has 2 aromatic heterocycles. The molecule has 0 radical (unpaired) electrons. The summed E-state index contributed by atoms with van der Waals surface area (Å²) in [5.74, 6) is 0.720. The lowest BCUT2D eigenvalue weighted by molar-refractivity contribution is -0.0511. The van der Waals surface area contributed by atoms with Crippen molar-refractivity contribution in [1.82, 2.24) is 24.8 Å². The average molecular weight is 700 g/mol. The highest BCUT2D eigenvalue weighted by atomic mass is 19.3. The molecular formula is C41H51F2N5O3. The van der Waals surface area contributed by atoms with Crippen molar-refractivity contribution < 1.29 is 23.4 Å². The van der Waals surface area contributed by atoms with Crippen LogP contribution in [-0.4, -0.2) is 56.7 Å². The number of imidazole rings is 1. The number of rotatable bonds is 16. The van der Waals surface area contributed by atoms with Gasteiger partial charge < -0.3 is 24.6 Å². The number of unbranched alkanes of at least 4 members (excludes halogenated alkanes) is 10. The molecule has 1 saturated heterocycles. The Balaban J connectivity index is 1.17. The second kappa shape index (κ2) is 15.4. The fourth-order valence-electron chi connectivity index (χ4n) is 8.50. The number of aryl methyl sites for hydroxylation is 1. The van der Waals surface area contributed by atoms with Crippen LogP contribution in [0, 0.1) is 6.92 Å². The second-order valence-corrected chi connectivity index (χ2v) is 14.8. The molecular weight excluding hydrogens is 648 g/mol. The zero-order valence-electron chi connectivity index (χ0n) is 30.0. The molecule has 0 spiro atoms. The number of ether oxygens (including phenoxy) is 1. The third kappa shape index (κ3) is 7.14. The first-order valence-electron chi connectivity index (χ1n) is 19.1. The standard InChI is InChI=1S/C41H51F2N5O3/c1-3-4-5-6-7-8-9-10-11-12-13-22-47-34-24-33(36-30(39(47)49)17-14-27(2)37(36)51-40(42)43)48-32-23-28(15-18-31(32)46-38(34)48)29-16-19-35(45-25-29)41(50)20-21-44-26-41/h14-19,23,25,33-34,40,44,50H,3-13,20-22,24,26H2,1-2H3/t33-,34-,41?/m1/s1. The normalized spacial score (nSPS) is 21.1. The Labute approximate surface area is 299 Å². The molecule has 1 unspecified atom stereocenters. The Hall–Kier alpha value is -3.89. The zero-order chi connectivity index (χ0) is 35.5. The van der Waals surface area contributed by atoms with Crippen molar-refractivity contribution in [2.45, 2.75) is 122 Å². The van der Waals surface area contributed by atoms with Crippen molar-refractivity contribution in [2.75, 3.05) is 19.6 Å². The number of hydrogen-bond donors (Lipinski definition) is 2. The van der Waals surface area contributed by atoms with E-state index in [9.17, 15) is 18.7 Å². The first-order valence-corrected chi connectivity index (χ1v) is 19.1. The molecule has 0 aliphatic carbocycles. The lowest BCUT2D eigenvalue weighted by atomic mass is 9.95. The third-order valence-electron chi connectivity index (χ3n) is 11.3. The van der Waals surface area contributed by atoms with Crippen LogP contribution in [0.5, 0.6) is 5.75 Å². The van der Waals surface area contributed by atoms with E-state index in [1.54, 1.807) is 25.3 Å². The number of amides is 1. The van der Waals surface area contributed by atoms with Crippen molar-refractivity contribution >= 4 is 16.9 Å². The van der Waals surface area contributed by atoms with Crippen LogP contribution in [0.25, 0.3) is 22.2 Å². The average Bonchev–Trinajstić information content (AvgIpc) is 3.82. The molecule has 5 heterocycles. The van der Waals surface area contributed by atoms with Gasteiger partial charge in [0.15, 0.2) is 0 Å². The van der Waals surface area contributed by atoms with E-state index in [0.29, 0.717) is 48.3 Å². The number of carbonyl (C=O) groups is 1. The fraction of sp³-hybridized carbons (Fsp3) is 0.537. The van der Waals surface area contributed by atoms with Gasteiger partial charge in [0.1, 0.15) is 17.2 Å². The van der Waals surface area contributed by atoms with Crippen molar-refractivity contribution in [3.63, 3.8) is 0 Å². The molecule has 2 aromatic carbocycles. The summed E-state index contributed by atoms with van der Waals surface area (Å²) in [4.78, 5) is 26.0. The number of halogens is 2. The van der Waals surface area contributed by atoms with Gasteiger partial charge in [0.05, 0.1) is 28.8 Å². The van der Waals surface area contributed by atoms with Crippen LogP contribution in [0.4, 0.5) is 8.78 Å². The predicted octanol–water partition coefficient (Wildman–Crippen LogP) is 8.99. The predicted molar refractivity (Wildman–Crippen MR) is 195 cm³/mol. The quantitative estimate of drug-likeness (QED) is 0.114. The summed E-state index contributed by atoms with van der Waals surface area (Å²) in [6.07, 6.45) is 16.3. The summed E-state index contributed by atoms with van der Waals surface area (Å²) < 4.78 is 35.1. The van der Waals surface area contributed by atoms with Crippen molar-refractivity contribution in [2.24, 2.45) is 0 Å². The number of nitrogens with zero attached hydrogens (tertiary/aromatic N) is 4. The van der Waals surface area contributed by atoms with E-state index in [0.717, 1.165) is 53.8 Å². The Morgan fingerprint density at radius 1 is 0.961 bits per heavy atom. The molecule has 4 aromatic rings. The number of fused-ring (bicyclic) bond motifs is 9. The summed E-state index contributed by atoms with van der Waals surface area (Å²) in [5.41, 5.74) is 4.68. The Bertz CT molecular complexity index is 1840. The van der Waals surface area contributed by atoms with Crippen molar-refractivity contribution in [3.05, 3.63) is 76.9 Å². The highest BCUT2D eigenvalue weighted by molar-refractivity contribution is 5.98. The van der Waals surface area contributed by atoms with Gasteiger partial charge in [-0.3, -0.25) is 9.78 Å². The van der Waals surface area contributed by atoms with Gasteiger partial charge in [-0.25, -0.2) is 4.98 Å². The van der Waals surface area contributed by atoms with Crippen LogP contribution in [0.15, 0.2) is 48.7 Å². The molecule has 8 nitrogen and oxygen atoms in total. The van der Waals surface area contributed by atoms with E-state index in [-0.39, 0.29) is 17.7 Å². The number of hydrogen-bond acceptors (Lipinski definition) is 6. The third-order valence-corrected chi connectivity index (χ3v) is 11.3. The number of carbonyl (C=O) groups excluding carboxylic acids is 1. The highest BCUT2D eigenvalue weighted by Crippen LogP contribution is 2.51. The van der Waals surface area contributed by atoms with Crippen molar-refractivity contribution in [1.29, 1.82) is 0 Å². The van der Waals surface area contributed by atoms with Gasteiger partial charge in [-0.1, -0.05) is 89.3 Å². The van der Waals surface area contributed by atoms with E-state index in [2.05, 4.69) is 27.9 Å². The molecule has 3 atom stereocenters. The molecule has 272 valence electrons. The van der Waals surface area contributed by atoms with Gasteiger partial charge in [0.2, 0.25) is 0 Å². The van der Waals surface area contributed by atoms with Crippen LogP contribution < -0.4 is 10.1 Å². The summed E-state index contributed by atoms with van der Waals surface area (Å²) in [7, 11) is 0. The molecule has 10 heteroatoms. The van der Waals surface area contributed by atoms with E-state index >= 15 is 0 Å². The number of nitrogens with one attached hydrogen (secondary N) is 1. The van der Waals surface area contributed by atoms with Crippen LogP contribution in [0.2, 0.25) is 0 Å². The fourth-order valence-corrected chi connectivity index (χ4v) is 8.50. The highest BCUT2D eigenvalue weighted by Gasteiger charge is 2.46. The largest absolute Gasteiger partial charge is 0.434 e. The van der Waals surface area contributed by atoms with Crippen LogP contribution in [0.1, 0.15) is 135 Å². The van der Waals surface area contributed by atoms with Gasteiger partial charge in [0, 0.05) is 42.4 Å².